The van der Waals surface area contributed by atoms with Crippen LogP contribution in [0.3, 0.4) is 0 Å². The maximum atomic E-state index is 14.1. The summed E-state index contributed by atoms with van der Waals surface area (Å²) in [5, 5.41) is 6.06. The molecule has 2 aliphatic rings. The minimum Gasteiger partial charge on any atom is -0.369 e. The summed E-state index contributed by atoms with van der Waals surface area (Å²) in [5.41, 5.74) is 1.42. The third-order valence-corrected chi connectivity index (χ3v) is 8.74. The molecule has 6 nitrogen and oxygen atoms in total. The molecule has 1 atom stereocenters. The number of amides is 1. The van der Waals surface area contributed by atoms with Crippen LogP contribution in [0.1, 0.15) is 18.5 Å². The highest BCUT2D eigenvalue weighted by molar-refractivity contribution is 7.85. The van der Waals surface area contributed by atoms with Gasteiger partial charge in [0, 0.05) is 25.3 Å². The third-order valence-electron chi connectivity index (χ3n) is 6.36. The Bertz CT molecular complexity index is 1240. The number of aromatic nitrogens is 1. The zero-order valence-corrected chi connectivity index (χ0v) is 19.5. The van der Waals surface area contributed by atoms with E-state index in [1.54, 1.807) is 24.0 Å². The van der Waals surface area contributed by atoms with Crippen LogP contribution in [0.2, 0.25) is 0 Å². The third kappa shape index (κ3) is 3.75. The van der Waals surface area contributed by atoms with Crippen LogP contribution in [0.25, 0.3) is 11.1 Å². The van der Waals surface area contributed by atoms with Crippen molar-refractivity contribution >= 4 is 39.0 Å². The molecule has 3 aromatic rings. The molecule has 33 heavy (non-hydrogen) atoms. The Morgan fingerprint density at radius 3 is 2.39 bits per heavy atom. The summed E-state index contributed by atoms with van der Waals surface area (Å²) in [6.45, 7) is 3.45. The predicted molar refractivity (Wildman–Crippen MR) is 125 cm³/mol. The second-order valence-electron chi connectivity index (χ2n) is 8.51. The molecule has 0 saturated carbocycles. The fourth-order valence-corrected chi connectivity index (χ4v) is 6.41. The molecule has 2 aliphatic heterocycles. The zero-order chi connectivity index (χ0) is 23.3. The number of benzene rings is 2. The van der Waals surface area contributed by atoms with Gasteiger partial charge in [0.25, 0.3) is 0 Å². The molecule has 1 unspecified atom stereocenters. The van der Waals surface area contributed by atoms with Crippen molar-refractivity contribution in [2.75, 3.05) is 29.4 Å². The summed E-state index contributed by atoms with van der Waals surface area (Å²) in [4.78, 5) is 21.6. The first-order chi connectivity index (χ1) is 15.8. The van der Waals surface area contributed by atoms with E-state index in [4.69, 9.17) is 5.14 Å². The number of aryl methyl sites for hydroxylation is 1. The van der Waals surface area contributed by atoms with E-state index in [1.165, 1.54) is 29.5 Å². The van der Waals surface area contributed by atoms with E-state index in [1.807, 2.05) is 12.1 Å². The molecule has 0 bridgehead atoms. The number of hydrogen-bond donors (Lipinski definition) is 1. The fraction of sp³-hybridized carbons (Fsp3) is 0.304. The van der Waals surface area contributed by atoms with Gasteiger partial charge in [-0.15, -0.1) is 0 Å². The molecule has 1 spiro atoms. The van der Waals surface area contributed by atoms with Gasteiger partial charge in [-0.1, -0.05) is 29.5 Å². The summed E-state index contributed by atoms with van der Waals surface area (Å²) in [5.74, 6) is -1.17. The van der Waals surface area contributed by atoms with Crippen molar-refractivity contribution < 1.29 is 17.8 Å². The lowest BCUT2D eigenvalue weighted by Crippen LogP contribution is -2.66. The van der Waals surface area contributed by atoms with Crippen LogP contribution in [0, 0.1) is 24.0 Å². The monoisotopic (exact) mass is 488 g/mol. The van der Waals surface area contributed by atoms with E-state index in [0.717, 1.165) is 18.5 Å². The normalized spacial score (nSPS) is 18.5. The van der Waals surface area contributed by atoms with Crippen LogP contribution in [0.5, 0.6) is 0 Å². The first kappa shape index (κ1) is 22.1. The van der Waals surface area contributed by atoms with Gasteiger partial charge >= 0.3 is 0 Å². The molecule has 1 amide bonds. The molecule has 2 saturated heterocycles. The highest BCUT2D eigenvalue weighted by Crippen LogP contribution is 2.44. The average Bonchev–Trinajstić information content (AvgIpc) is 3.15. The summed E-state index contributed by atoms with van der Waals surface area (Å²) in [6, 6.07) is 10.9. The molecule has 1 aromatic heterocycles. The second kappa shape index (κ2) is 8.27. The molecule has 172 valence electrons. The summed E-state index contributed by atoms with van der Waals surface area (Å²) in [7, 11) is -1.63. The summed E-state index contributed by atoms with van der Waals surface area (Å²) in [6.07, 6.45) is 1.64. The highest BCUT2D eigenvalue weighted by Gasteiger charge is 2.53. The van der Waals surface area contributed by atoms with Gasteiger partial charge in [0.15, 0.2) is 5.13 Å². The van der Waals surface area contributed by atoms with Gasteiger partial charge in [-0.2, -0.15) is 0 Å². The number of piperidine rings is 1. The lowest BCUT2D eigenvalue weighted by Gasteiger charge is -2.53. The molecule has 2 N–H and O–H groups in total. The number of halogens is 2. The topological polar surface area (TPSA) is 79.5 Å². The molecule has 2 aromatic carbocycles. The molecule has 2 fully saturated rings. The van der Waals surface area contributed by atoms with Gasteiger partial charge in [-0.25, -0.2) is 23.1 Å². The summed E-state index contributed by atoms with van der Waals surface area (Å²) < 4.78 is 40.3. The predicted octanol–water partition coefficient (Wildman–Crippen LogP) is 4.01. The minimum atomic E-state index is -1.63. The molecule has 0 radical (unpaired) electrons. The Balaban J connectivity index is 1.32. The van der Waals surface area contributed by atoms with Gasteiger partial charge in [-0.3, -0.25) is 9.69 Å². The van der Waals surface area contributed by atoms with Gasteiger partial charge < -0.3 is 4.90 Å². The number of thiazole rings is 1. The van der Waals surface area contributed by atoms with Gasteiger partial charge in [0.2, 0.25) is 5.91 Å². The van der Waals surface area contributed by atoms with Crippen molar-refractivity contribution in [3.05, 3.63) is 59.8 Å². The first-order valence-corrected chi connectivity index (χ1v) is 12.6. The molecule has 10 heteroatoms. The molecular weight excluding hydrogens is 466 g/mol. The maximum Gasteiger partial charge on any atom is 0.238 e. The molecular formula is C23H22F2N4O2S2. The van der Waals surface area contributed by atoms with Crippen LogP contribution in [-0.2, 0) is 15.8 Å². The van der Waals surface area contributed by atoms with Gasteiger partial charge in [0.05, 0.1) is 16.7 Å². The van der Waals surface area contributed by atoms with E-state index in [9.17, 15) is 17.8 Å². The first-order valence-electron chi connectivity index (χ1n) is 10.5. The van der Waals surface area contributed by atoms with Crippen molar-refractivity contribution in [1.29, 1.82) is 0 Å². The van der Waals surface area contributed by atoms with Crippen molar-refractivity contribution in [2.45, 2.75) is 24.0 Å². The van der Waals surface area contributed by atoms with Crippen molar-refractivity contribution in [3.8, 4) is 11.1 Å². The minimum absolute atomic E-state index is 0.0261. The number of rotatable bonds is 4. The van der Waals surface area contributed by atoms with Crippen LogP contribution >= 0.6 is 11.3 Å². The molecule has 3 heterocycles. The van der Waals surface area contributed by atoms with E-state index >= 15 is 0 Å². The fourth-order valence-electron chi connectivity index (χ4n) is 4.70. The summed E-state index contributed by atoms with van der Waals surface area (Å²) >= 11 is 1.21. The lowest BCUT2D eigenvalue weighted by molar-refractivity contribution is -0.132. The Kier molecular flexibility index (Phi) is 5.54. The average molecular weight is 489 g/mol. The number of hydrogen-bond acceptors (Lipinski definition) is 5. The van der Waals surface area contributed by atoms with E-state index < -0.39 is 28.0 Å². The maximum absolute atomic E-state index is 14.1. The number of anilines is 2. The quantitative estimate of drug-likeness (QED) is 0.602. The number of carbonyl (C=O) groups excluding carboxylic acids is 1. The van der Waals surface area contributed by atoms with E-state index in [2.05, 4.69) is 9.88 Å². The van der Waals surface area contributed by atoms with Gasteiger partial charge in [0.1, 0.15) is 26.8 Å². The number of nitrogens with zero attached hydrogens (tertiary/aromatic N) is 3. The smallest absolute Gasteiger partial charge is 0.238 e. The van der Waals surface area contributed by atoms with E-state index in [0.29, 0.717) is 40.2 Å². The largest absolute Gasteiger partial charge is 0.369 e. The van der Waals surface area contributed by atoms with Crippen LogP contribution in [0.4, 0.5) is 19.6 Å². The van der Waals surface area contributed by atoms with Crippen LogP contribution < -0.4 is 14.9 Å². The Hall–Kier alpha value is -2.69. The number of carbonyl (C=O) groups is 1. The van der Waals surface area contributed by atoms with Crippen molar-refractivity contribution in [1.82, 2.24) is 4.98 Å². The zero-order valence-electron chi connectivity index (χ0n) is 17.9. The molecule has 0 aliphatic carbocycles. The van der Waals surface area contributed by atoms with E-state index in [-0.39, 0.29) is 11.5 Å². The Labute approximate surface area is 196 Å². The standard InChI is InChI=1S/C23H22F2N4O2S2/c1-14-20(33(26)31)32-22(27-14)29-11-3-10-23(21(29)30)12-28(13-23)16-8-6-15(7-9-16)19-17(24)4-2-5-18(19)25/h2,4-9H,3,10-13,26H2,1H3. The Morgan fingerprint density at radius 2 is 1.79 bits per heavy atom. The number of nitrogens with two attached hydrogens (primary N) is 1. The lowest BCUT2D eigenvalue weighted by atomic mass is 9.72. The van der Waals surface area contributed by atoms with Crippen LogP contribution in [0.15, 0.2) is 46.7 Å². The SMILES string of the molecule is Cc1nc(N2CCCC3(CN(c4ccc(-c5c(F)cccc5F)cc4)C3)C2=O)sc1S(N)=O. The van der Waals surface area contributed by atoms with Gasteiger partial charge in [-0.05, 0) is 49.6 Å². The second-order valence-corrected chi connectivity index (χ2v) is 10.7. The molecule has 5 rings (SSSR count). The highest BCUT2D eigenvalue weighted by atomic mass is 32.2. The Morgan fingerprint density at radius 1 is 1.12 bits per heavy atom. The van der Waals surface area contributed by atoms with Crippen molar-refractivity contribution in [3.63, 3.8) is 0 Å². The van der Waals surface area contributed by atoms with Crippen molar-refractivity contribution in [2.24, 2.45) is 10.6 Å². The van der Waals surface area contributed by atoms with Crippen LogP contribution in [-0.4, -0.2) is 34.7 Å².